The minimum Gasteiger partial charge on any atom is -0.397 e. The van der Waals surface area contributed by atoms with Crippen LogP contribution in [-0.2, 0) is 6.42 Å². The molecule has 0 aliphatic rings. The minimum atomic E-state index is 0.838. The minimum absolute atomic E-state index is 0.838. The zero-order valence-electron chi connectivity index (χ0n) is 10.4. The molecular weight excluding hydrogens is 210 g/mol. The van der Waals surface area contributed by atoms with Gasteiger partial charge >= 0.3 is 0 Å². The quantitative estimate of drug-likeness (QED) is 0.791. The van der Waals surface area contributed by atoms with Gasteiger partial charge in [-0.25, -0.2) is 0 Å². The summed E-state index contributed by atoms with van der Waals surface area (Å²) in [6.45, 7) is 3.04. The number of hydrogen-bond donors (Lipinski definition) is 2. The van der Waals surface area contributed by atoms with Crippen molar-refractivity contribution in [3.63, 3.8) is 0 Å². The van der Waals surface area contributed by atoms with Gasteiger partial charge in [0.1, 0.15) is 0 Å². The number of nitrogens with one attached hydrogen (secondary N) is 1. The highest BCUT2D eigenvalue weighted by Gasteiger charge is 2.05. The third-order valence-electron chi connectivity index (χ3n) is 2.98. The average molecular weight is 229 g/mol. The number of aromatic amines is 1. The highest BCUT2D eigenvalue weighted by Crippen LogP contribution is 2.23. The molecule has 3 heteroatoms. The Morgan fingerprint density at radius 1 is 1.29 bits per heavy atom. The van der Waals surface area contributed by atoms with Crippen LogP contribution < -0.4 is 10.6 Å². The van der Waals surface area contributed by atoms with Crippen molar-refractivity contribution < 1.29 is 0 Å². The van der Waals surface area contributed by atoms with Gasteiger partial charge in [0.2, 0.25) is 0 Å². The van der Waals surface area contributed by atoms with Crippen molar-refractivity contribution >= 4 is 11.4 Å². The molecule has 0 aliphatic heterocycles. The Morgan fingerprint density at radius 2 is 2.12 bits per heavy atom. The number of likely N-dealkylation sites (N-methyl/N-ethyl adjacent to an activating group) is 1. The molecule has 2 aromatic rings. The van der Waals surface area contributed by atoms with Crippen LogP contribution in [-0.4, -0.2) is 18.6 Å². The topological polar surface area (TPSA) is 45.0 Å². The summed E-state index contributed by atoms with van der Waals surface area (Å²) in [6.07, 6.45) is 2.95. The first-order valence-electron chi connectivity index (χ1n) is 5.86. The molecule has 1 aromatic carbocycles. The highest BCUT2D eigenvalue weighted by molar-refractivity contribution is 5.68. The van der Waals surface area contributed by atoms with Crippen LogP contribution in [0.1, 0.15) is 11.3 Å². The molecule has 90 valence electrons. The maximum atomic E-state index is 5.99. The zero-order chi connectivity index (χ0) is 12.3. The summed E-state index contributed by atoms with van der Waals surface area (Å²) < 4.78 is 0. The molecule has 0 saturated heterocycles. The lowest BCUT2D eigenvalue weighted by Crippen LogP contribution is -2.21. The number of benzene rings is 1. The molecule has 0 amide bonds. The van der Waals surface area contributed by atoms with Crippen LogP contribution in [0, 0.1) is 6.92 Å². The second-order valence-corrected chi connectivity index (χ2v) is 4.43. The Kier molecular flexibility index (Phi) is 3.38. The summed E-state index contributed by atoms with van der Waals surface area (Å²) in [7, 11) is 2.08. The van der Waals surface area contributed by atoms with Crippen LogP contribution in [0.5, 0.6) is 0 Å². The van der Waals surface area contributed by atoms with Crippen molar-refractivity contribution in [2.24, 2.45) is 0 Å². The molecule has 3 N–H and O–H groups in total. The molecular formula is C14H19N3. The standard InChI is InChI=1S/C14H19N3/c1-11-5-6-13(15)14(10-11)17(2)9-7-12-4-3-8-16-12/h3-6,8,10,16H,7,9,15H2,1-2H3. The second-order valence-electron chi connectivity index (χ2n) is 4.43. The van der Waals surface area contributed by atoms with E-state index in [1.807, 2.05) is 24.4 Å². The zero-order valence-corrected chi connectivity index (χ0v) is 10.4. The Morgan fingerprint density at radius 3 is 2.82 bits per heavy atom. The number of rotatable bonds is 4. The molecule has 2 rings (SSSR count). The maximum Gasteiger partial charge on any atom is 0.0600 e. The lowest BCUT2D eigenvalue weighted by atomic mass is 10.1. The van der Waals surface area contributed by atoms with E-state index in [4.69, 9.17) is 5.73 Å². The van der Waals surface area contributed by atoms with Crippen LogP contribution in [0.2, 0.25) is 0 Å². The number of H-pyrrole nitrogens is 1. The predicted octanol–water partition coefficient (Wildman–Crippen LogP) is 2.58. The normalized spacial score (nSPS) is 10.5. The van der Waals surface area contributed by atoms with Crippen molar-refractivity contribution in [3.8, 4) is 0 Å². The van der Waals surface area contributed by atoms with Crippen molar-refractivity contribution in [3.05, 3.63) is 47.8 Å². The first kappa shape index (κ1) is 11.6. The smallest absolute Gasteiger partial charge is 0.0600 e. The number of anilines is 2. The fourth-order valence-electron chi connectivity index (χ4n) is 1.92. The molecule has 3 nitrogen and oxygen atoms in total. The van der Waals surface area contributed by atoms with Gasteiger partial charge in [-0.05, 0) is 36.8 Å². The van der Waals surface area contributed by atoms with Gasteiger partial charge < -0.3 is 15.6 Å². The molecule has 0 radical (unpaired) electrons. The number of aromatic nitrogens is 1. The van der Waals surface area contributed by atoms with Gasteiger partial charge in [-0.3, -0.25) is 0 Å². The lowest BCUT2D eigenvalue weighted by molar-refractivity contribution is 0.859. The van der Waals surface area contributed by atoms with Gasteiger partial charge in [0, 0.05) is 31.9 Å². The molecule has 0 atom stereocenters. The van der Waals surface area contributed by atoms with Crippen molar-refractivity contribution in [2.75, 3.05) is 24.2 Å². The van der Waals surface area contributed by atoms with E-state index in [1.54, 1.807) is 0 Å². The number of nitrogens with zero attached hydrogens (tertiary/aromatic N) is 1. The molecule has 0 saturated carbocycles. The Labute approximate surface area is 102 Å². The first-order chi connectivity index (χ1) is 8.16. The average Bonchev–Trinajstić information content (AvgIpc) is 2.82. The first-order valence-corrected chi connectivity index (χ1v) is 5.86. The Balaban J connectivity index is 2.04. The number of aryl methyl sites for hydroxylation is 1. The summed E-state index contributed by atoms with van der Waals surface area (Å²) in [6, 6.07) is 10.3. The molecule has 0 spiro atoms. The van der Waals surface area contributed by atoms with Crippen molar-refractivity contribution in [1.29, 1.82) is 0 Å². The third kappa shape index (κ3) is 2.81. The molecule has 0 unspecified atom stereocenters. The Bertz CT molecular complexity index is 474. The summed E-state index contributed by atoms with van der Waals surface area (Å²) >= 11 is 0. The van der Waals surface area contributed by atoms with Crippen LogP contribution in [0.25, 0.3) is 0 Å². The van der Waals surface area contributed by atoms with Crippen LogP contribution >= 0.6 is 0 Å². The fourth-order valence-corrected chi connectivity index (χ4v) is 1.92. The summed E-state index contributed by atoms with van der Waals surface area (Å²) in [5.41, 5.74) is 10.4. The summed E-state index contributed by atoms with van der Waals surface area (Å²) in [5, 5.41) is 0. The summed E-state index contributed by atoms with van der Waals surface area (Å²) in [4.78, 5) is 5.41. The van der Waals surface area contributed by atoms with Crippen LogP contribution in [0.4, 0.5) is 11.4 Å². The molecule has 1 aromatic heterocycles. The van der Waals surface area contributed by atoms with E-state index in [2.05, 4.69) is 36.0 Å². The molecule has 17 heavy (non-hydrogen) atoms. The third-order valence-corrected chi connectivity index (χ3v) is 2.98. The van der Waals surface area contributed by atoms with E-state index in [9.17, 15) is 0 Å². The van der Waals surface area contributed by atoms with E-state index in [1.165, 1.54) is 11.3 Å². The largest absolute Gasteiger partial charge is 0.397 e. The number of nitrogen functional groups attached to an aromatic ring is 1. The van der Waals surface area contributed by atoms with E-state index in [-0.39, 0.29) is 0 Å². The van der Waals surface area contributed by atoms with Crippen molar-refractivity contribution in [2.45, 2.75) is 13.3 Å². The van der Waals surface area contributed by atoms with E-state index in [0.717, 1.165) is 24.3 Å². The number of hydrogen-bond acceptors (Lipinski definition) is 2. The van der Waals surface area contributed by atoms with Gasteiger partial charge in [0.25, 0.3) is 0 Å². The molecule has 0 fully saturated rings. The van der Waals surface area contributed by atoms with Crippen LogP contribution in [0.3, 0.4) is 0 Å². The maximum absolute atomic E-state index is 5.99. The van der Waals surface area contributed by atoms with Gasteiger partial charge in [0.05, 0.1) is 11.4 Å². The Hall–Kier alpha value is -1.90. The molecule has 0 aliphatic carbocycles. The lowest BCUT2D eigenvalue weighted by Gasteiger charge is -2.21. The number of nitrogens with two attached hydrogens (primary N) is 1. The summed E-state index contributed by atoms with van der Waals surface area (Å²) in [5.74, 6) is 0. The fraction of sp³-hybridized carbons (Fsp3) is 0.286. The van der Waals surface area contributed by atoms with E-state index in [0.29, 0.717) is 0 Å². The van der Waals surface area contributed by atoms with E-state index < -0.39 is 0 Å². The van der Waals surface area contributed by atoms with Crippen molar-refractivity contribution in [1.82, 2.24) is 4.98 Å². The monoisotopic (exact) mass is 229 g/mol. The molecule has 1 heterocycles. The van der Waals surface area contributed by atoms with Gasteiger partial charge in [-0.15, -0.1) is 0 Å². The second kappa shape index (κ2) is 4.95. The van der Waals surface area contributed by atoms with Gasteiger partial charge in [-0.1, -0.05) is 6.07 Å². The molecule has 0 bridgehead atoms. The SMILES string of the molecule is Cc1ccc(N)c(N(C)CCc2ccc[nH]2)c1. The van der Waals surface area contributed by atoms with E-state index >= 15 is 0 Å². The highest BCUT2D eigenvalue weighted by atomic mass is 15.1. The van der Waals surface area contributed by atoms with Gasteiger partial charge in [0.15, 0.2) is 0 Å². The van der Waals surface area contributed by atoms with Gasteiger partial charge in [-0.2, -0.15) is 0 Å². The predicted molar refractivity (Wildman–Crippen MR) is 73.4 cm³/mol. The van der Waals surface area contributed by atoms with Crippen LogP contribution in [0.15, 0.2) is 36.5 Å².